The molecule has 0 radical (unpaired) electrons. The van der Waals surface area contributed by atoms with Gasteiger partial charge in [-0.3, -0.25) is 9.59 Å². The number of ether oxygens (including phenoxy) is 1. The van der Waals surface area contributed by atoms with Gasteiger partial charge in [-0.1, -0.05) is 12.1 Å². The first-order chi connectivity index (χ1) is 18.8. The number of aromatic amines is 1. The first kappa shape index (κ1) is 24.9. The molecule has 2 atom stereocenters. The van der Waals surface area contributed by atoms with E-state index in [9.17, 15) is 14.0 Å². The van der Waals surface area contributed by atoms with E-state index < -0.39 is 17.6 Å². The summed E-state index contributed by atoms with van der Waals surface area (Å²) < 4.78 is 20.7. The summed E-state index contributed by atoms with van der Waals surface area (Å²) in [5, 5.41) is 12.1. The molecule has 10 nitrogen and oxygen atoms in total. The SMILES string of the molecule is COc1ccc(F)cc1C(=O)NCc1ccc(-c2nn(C3CC4CCC(C3)N4)c(N)c2C(N)=O)c2cc[nH]c12. The van der Waals surface area contributed by atoms with E-state index in [4.69, 9.17) is 21.3 Å². The molecule has 0 aliphatic carbocycles. The number of nitrogens with one attached hydrogen (secondary N) is 3. The van der Waals surface area contributed by atoms with Gasteiger partial charge in [0, 0.05) is 35.8 Å². The number of carbonyl (C=O) groups excluding carboxylic acids is 2. The van der Waals surface area contributed by atoms with Crippen molar-refractivity contribution in [1.29, 1.82) is 0 Å². The van der Waals surface area contributed by atoms with Gasteiger partial charge in [-0.15, -0.1) is 0 Å². The van der Waals surface area contributed by atoms with E-state index >= 15 is 0 Å². The Bertz CT molecular complexity index is 1580. The number of carbonyl (C=O) groups is 2. The number of aromatic nitrogens is 3. The Morgan fingerprint density at radius 1 is 1.18 bits per heavy atom. The number of nitrogens with zero attached hydrogens (tertiary/aromatic N) is 2. The van der Waals surface area contributed by atoms with Gasteiger partial charge in [0.15, 0.2) is 0 Å². The quantitative estimate of drug-likeness (QED) is 0.247. The van der Waals surface area contributed by atoms with Crippen LogP contribution in [0.3, 0.4) is 0 Å². The number of fused-ring (bicyclic) bond motifs is 3. The van der Waals surface area contributed by atoms with Crippen molar-refractivity contribution in [2.24, 2.45) is 5.73 Å². The summed E-state index contributed by atoms with van der Waals surface area (Å²) in [5.41, 5.74) is 15.3. The van der Waals surface area contributed by atoms with Gasteiger partial charge in [0.25, 0.3) is 11.8 Å². The number of halogens is 1. The lowest BCUT2D eigenvalue weighted by atomic mass is 9.99. The highest BCUT2D eigenvalue weighted by atomic mass is 19.1. The van der Waals surface area contributed by atoms with Crippen LogP contribution in [0.1, 0.15) is 58.0 Å². The first-order valence-corrected chi connectivity index (χ1v) is 13.0. The Morgan fingerprint density at radius 2 is 1.95 bits per heavy atom. The van der Waals surface area contributed by atoms with Crippen molar-refractivity contribution in [2.45, 2.75) is 50.4 Å². The molecule has 11 heteroatoms. The molecule has 2 saturated heterocycles. The van der Waals surface area contributed by atoms with Gasteiger partial charge in [0.1, 0.15) is 28.6 Å². The van der Waals surface area contributed by atoms with Crippen LogP contribution in [0.25, 0.3) is 22.2 Å². The van der Waals surface area contributed by atoms with Gasteiger partial charge in [-0.2, -0.15) is 5.10 Å². The summed E-state index contributed by atoms with van der Waals surface area (Å²) in [7, 11) is 1.43. The van der Waals surface area contributed by atoms with Gasteiger partial charge < -0.3 is 31.8 Å². The summed E-state index contributed by atoms with van der Waals surface area (Å²) in [6, 6.07) is 10.3. The number of rotatable bonds is 7. The Labute approximate surface area is 223 Å². The minimum atomic E-state index is -0.630. The Morgan fingerprint density at radius 3 is 2.67 bits per heavy atom. The molecular weight excluding hydrogens is 501 g/mol. The van der Waals surface area contributed by atoms with E-state index in [1.54, 1.807) is 10.9 Å². The lowest BCUT2D eigenvalue weighted by Gasteiger charge is -2.29. The molecule has 6 rings (SSSR count). The normalized spacial score (nSPS) is 20.3. The highest BCUT2D eigenvalue weighted by molar-refractivity contribution is 6.07. The zero-order valence-electron chi connectivity index (χ0n) is 21.5. The molecule has 7 N–H and O–H groups in total. The van der Waals surface area contributed by atoms with E-state index in [1.165, 1.54) is 19.2 Å². The molecule has 202 valence electrons. The van der Waals surface area contributed by atoms with E-state index in [0.717, 1.165) is 48.2 Å². The summed E-state index contributed by atoms with van der Waals surface area (Å²) in [4.78, 5) is 28.6. The molecule has 2 amide bonds. The van der Waals surface area contributed by atoms with Crippen molar-refractivity contribution in [3.8, 4) is 17.0 Å². The van der Waals surface area contributed by atoms with Crippen molar-refractivity contribution in [3.05, 3.63) is 65.1 Å². The number of H-pyrrole nitrogens is 1. The third-order valence-electron chi connectivity index (χ3n) is 7.90. The zero-order chi connectivity index (χ0) is 27.3. The highest BCUT2D eigenvalue weighted by Gasteiger charge is 2.36. The van der Waals surface area contributed by atoms with Crippen molar-refractivity contribution in [2.75, 3.05) is 12.8 Å². The smallest absolute Gasteiger partial charge is 0.255 e. The number of piperidine rings is 1. The topological polar surface area (TPSA) is 153 Å². The van der Waals surface area contributed by atoms with E-state index in [1.807, 2.05) is 18.2 Å². The number of benzene rings is 2. The summed E-state index contributed by atoms with van der Waals surface area (Å²) >= 11 is 0. The second-order valence-electron chi connectivity index (χ2n) is 10.2. The third-order valence-corrected chi connectivity index (χ3v) is 7.90. The van der Waals surface area contributed by atoms with Crippen molar-refractivity contribution in [3.63, 3.8) is 0 Å². The molecule has 0 spiro atoms. The zero-order valence-corrected chi connectivity index (χ0v) is 21.5. The molecule has 2 unspecified atom stereocenters. The standard InChI is InChI=1S/C28H30FN7O3/c1-39-22-7-3-15(29)10-21(22)28(38)33-13-14-2-6-19(20-8-9-32-24(14)20)25-23(27(31)37)26(30)36(35-25)18-11-16-4-5-17(12-18)34-16/h2-3,6-10,16-18,32,34H,4-5,11-13,30H2,1H3,(H2,31,37)(H,33,38). The average molecular weight is 532 g/mol. The third kappa shape index (κ3) is 4.38. The van der Waals surface area contributed by atoms with Crippen molar-refractivity contribution < 1.29 is 18.7 Å². The maximum Gasteiger partial charge on any atom is 0.255 e. The van der Waals surface area contributed by atoms with Crippen LogP contribution in [0, 0.1) is 5.82 Å². The van der Waals surface area contributed by atoms with Gasteiger partial charge in [-0.25, -0.2) is 9.07 Å². The van der Waals surface area contributed by atoms with Gasteiger partial charge >= 0.3 is 0 Å². The summed E-state index contributed by atoms with van der Waals surface area (Å²) in [5.74, 6) is -1.06. The number of hydrogen-bond donors (Lipinski definition) is 5. The predicted molar refractivity (Wildman–Crippen MR) is 145 cm³/mol. The van der Waals surface area contributed by atoms with Crippen molar-refractivity contribution in [1.82, 2.24) is 25.4 Å². The Balaban J connectivity index is 1.32. The second-order valence-corrected chi connectivity index (χ2v) is 10.2. The fourth-order valence-electron chi connectivity index (χ4n) is 6.08. The Kier molecular flexibility index (Phi) is 6.22. The van der Waals surface area contributed by atoms with Gasteiger partial charge in [0.05, 0.1) is 24.2 Å². The van der Waals surface area contributed by atoms with Crippen LogP contribution in [-0.4, -0.2) is 45.8 Å². The number of nitrogen functional groups attached to an aromatic ring is 1. The number of primary amides is 1. The number of methoxy groups -OCH3 is 1. The number of anilines is 1. The monoisotopic (exact) mass is 531 g/mol. The molecule has 2 aromatic carbocycles. The molecule has 4 heterocycles. The van der Waals surface area contributed by atoms with Gasteiger partial charge in [0.2, 0.25) is 0 Å². The summed E-state index contributed by atoms with van der Waals surface area (Å²) in [6.07, 6.45) is 5.84. The lowest BCUT2D eigenvalue weighted by Crippen LogP contribution is -2.39. The van der Waals surface area contributed by atoms with Gasteiger partial charge in [-0.05, 0) is 55.5 Å². The minimum Gasteiger partial charge on any atom is -0.496 e. The molecular formula is C28H30FN7O3. The lowest BCUT2D eigenvalue weighted by molar-refractivity contribution is 0.0946. The Hall–Kier alpha value is -4.38. The predicted octanol–water partition coefficient (Wildman–Crippen LogP) is 3.25. The van der Waals surface area contributed by atoms with Crippen LogP contribution >= 0.6 is 0 Å². The number of amides is 2. The van der Waals surface area contributed by atoms with Crippen molar-refractivity contribution >= 4 is 28.5 Å². The minimum absolute atomic E-state index is 0.0895. The largest absolute Gasteiger partial charge is 0.496 e. The van der Waals surface area contributed by atoms with E-state index in [0.29, 0.717) is 23.3 Å². The second kappa shape index (κ2) is 9.73. The van der Waals surface area contributed by atoms with E-state index in [-0.39, 0.29) is 35.3 Å². The molecule has 39 heavy (non-hydrogen) atoms. The molecule has 2 aliphatic rings. The maximum atomic E-state index is 13.8. The van der Waals surface area contributed by atoms with Crippen LogP contribution in [-0.2, 0) is 6.54 Å². The average Bonchev–Trinajstić information content (AvgIpc) is 3.64. The molecule has 2 fully saturated rings. The van der Waals surface area contributed by atoms with Crippen LogP contribution in [0.2, 0.25) is 0 Å². The van der Waals surface area contributed by atoms with Crippen LogP contribution in [0.4, 0.5) is 10.2 Å². The summed E-state index contributed by atoms with van der Waals surface area (Å²) in [6.45, 7) is 0.174. The molecule has 4 aromatic rings. The molecule has 2 bridgehead atoms. The number of hydrogen-bond acceptors (Lipinski definition) is 6. The van der Waals surface area contributed by atoms with Crippen LogP contribution < -0.4 is 26.8 Å². The first-order valence-electron chi connectivity index (χ1n) is 13.0. The molecule has 0 saturated carbocycles. The maximum absolute atomic E-state index is 13.8. The van der Waals surface area contributed by atoms with Crippen LogP contribution in [0.5, 0.6) is 5.75 Å². The fraction of sp³-hybridized carbons (Fsp3) is 0.321. The highest BCUT2D eigenvalue weighted by Crippen LogP contribution is 2.39. The van der Waals surface area contributed by atoms with Crippen LogP contribution in [0.15, 0.2) is 42.6 Å². The van der Waals surface area contributed by atoms with E-state index in [2.05, 4.69) is 15.6 Å². The molecule has 2 aromatic heterocycles. The molecule has 2 aliphatic heterocycles. The number of nitrogens with two attached hydrogens (primary N) is 2. The fourth-order valence-corrected chi connectivity index (χ4v) is 6.08.